The van der Waals surface area contributed by atoms with E-state index in [1.54, 1.807) is 38.1 Å². The number of ether oxygens (including phenoxy) is 1. The summed E-state index contributed by atoms with van der Waals surface area (Å²) >= 11 is 0. The van der Waals surface area contributed by atoms with E-state index in [9.17, 15) is 13.2 Å². The molecule has 0 N–H and O–H groups in total. The second kappa shape index (κ2) is 7.04. The van der Waals surface area contributed by atoms with Gasteiger partial charge in [-0.3, -0.25) is 4.79 Å². The van der Waals surface area contributed by atoms with Crippen LogP contribution in [0.15, 0.2) is 29.2 Å². The fourth-order valence-corrected chi connectivity index (χ4v) is 3.48. The molecule has 0 aliphatic rings. The lowest BCUT2D eigenvalue weighted by atomic mass is 10.0. The van der Waals surface area contributed by atoms with Gasteiger partial charge >= 0.3 is 5.97 Å². The highest BCUT2D eigenvalue weighted by Gasteiger charge is 2.29. The zero-order valence-corrected chi connectivity index (χ0v) is 14.0. The van der Waals surface area contributed by atoms with Crippen molar-refractivity contribution >= 4 is 16.0 Å². The Morgan fingerprint density at radius 1 is 1.14 bits per heavy atom. The van der Waals surface area contributed by atoms with Gasteiger partial charge in [-0.05, 0) is 37.5 Å². The molecule has 21 heavy (non-hydrogen) atoms. The van der Waals surface area contributed by atoms with Crippen LogP contribution in [0, 0.1) is 0 Å². The molecular weight excluding hydrogens is 290 g/mol. The zero-order chi connectivity index (χ0) is 16.2. The Morgan fingerprint density at radius 2 is 1.67 bits per heavy atom. The Morgan fingerprint density at radius 3 is 2.05 bits per heavy atom. The Kier molecular flexibility index (Phi) is 5.92. The molecule has 0 atom stereocenters. The summed E-state index contributed by atoms with van der Waals surface area (Å²) in [5.74, 6) is -0.246. The molecular formula is C15H23NO4S. The van der Waals surface area contributed by atoms with E-state index in [0.29, 0.717) is 5.92 Å². The van der Waals surface area contributed by atoms with Crippen molar-refractivity contribution in [2.24, 2.45) is 0 Å². The van der Waals surface area contributed by atoms with Crippen LogP contribution in [-0.2, 0) is 19.6 Å². The molecule has 0 aliphatic heterocycles. The molecule has 1 aromatic carbocycles. The Labute approximate surface area is 127 Å². The van der Waals surface area contributed by atoms with Gasteiger partial charge < -0.3 is 4.74 Å². The van der Waals surface area contributed by atoms with E-state index in [4.69, 9.17) is 0 Å². The highest BCUT2D eigenvalue weighted by atomic mass is 32.2. The molecule has 0 aliphatic carbocycles. The lowest BCUT2D eigenvalue weighted by Gasteiger charge is -2.24. The first-order chi connectivity index (χ1) is 9.70. The van der Waals surface area contributed by atoms with Crippen LogP contribution in [0.25, 0.3) is 0 Å². The van der Waals surface area contributed by atoms with Gasteiger partial charge in [0.1, 0.15) is 6.54 Å². The predicted octanol–water partition coefficient (Wildman–Crippen LogP) is 2.38. The fraction of sp³-hybridized carbons (Fsp3) is 0.533. The minimum Gasteiger partial charge on any atom is -0.468 e. The Bertz CT molecular complexity index is 576. The molecule has 0 bridgehead atoms. The molecule has 118 valence electrons. The molecule has 0 saturated heterocycles. The van der Waals surface area contributed by atoms with Crippen molar-refractivity contribution < 1.29 is 17.9 Å². The third-order valence-corrected chi connectivity index (χ3v) is 5.28. The van der Waals surface area contributed by atoms with Crippen molar-refractivity contribution in [3.05, 3.63) is 29.8 Å². The average molecular weight is 313 g/mol. The van der Waals surface area contributed by atoms with Crippen LogP contribution in [0.1, 0.15) is 39.2 Å². The van der Waals surface area contributed by atoms with Gasteiger partial charge in [0.25, 0.3) is 0 Å². The molecule has 0 saturated carbocycles. The molecule has 6 heteroatoms. The van der Waals surface area contributed by atoms with Crippen LogP contribution in [-0.4, -0.2) is 38.4 Å². The molecule has 0 fully saturated rings. The first-order valence-corrected chi connectivity index (χ1v) is 8.32. The molecule has 0 aromatic heterocycles. The number of carbonyl (C=O) groups excluding carboxylic acids is 1. The highest BCUT2D eigenvalue weighted by molar-refractivity contribution is 7.89. The first kappa shape index (κ1) is 17.7. The molecule has 0 amide bonds. The number of benzene rings is 1. The third-order valence-electron chi connectivity index (χ3n) is 3.24. The maximum Gasteiger partial charge on any atom is 0.321 e. The summed E-state index contributed by atoms with van der Waals surface area (Å²) in [5.41, 5.74) is 1.07. The van der Waals surface area contributed by atoms with Gasteiger partial charge in [-0.2, -0.15) is 4.31 Å². The number of rotatable bonds is 6. The van der Waals surface area contributed by atoms with E-state index < -0.39 is 16.0 Å². The molecule has 1 aromatic rings. The number of sulfonamides is 1. The van der Waals surface area contributed by atoms with Gasteiger partial charge in [-0.25, -0.2) is 8.42 Å². The first-order valence-electron chi connectivity index (χ1n) is 6.88. The monoisotopic (exact) mass is 313 g/mol. The van der Waals surface area contributed by atoms with Gasteiger partial charge in [0.2, 0.25) is 10.0 Å². The number of carbonyl (C=O) groups is 1. The van der Waals surface area contributed by atoms with Gasteiger partial charge in [0, 0.05) is 6.04 Å². The summed E-state index contributed by atoms with van der Waals surface area (Å²) < 4.78 is 31.0. The maximum absolute atomic E-state index is 12.6. The second-order valence-corrected chi connectivity index (χ2v) is 7.33. The van der Waals surface area contributed by atoms with E-state index in [2.05, 4.69) is 4.74 Å². The molecule has 0 spiro atoms. The van der Waals surface area contributed by atoms with E-state index in [1.165, 1.54) is 7.11 Å². The van der Waals surface area contributed by atoms with E-state index in [-0.39, 0.29) is 17.5 Å². The van der Waals surface area contributed by atoms with Crippen molar-refractivity contribution in [1.82, 2.24) is 4.31 Å². The van der Waals surface area contributed by atoms with Crippen LogP contribution < -0.4 is 0 Å². The van der Waals surface area contributed by atoms with Crippen molar-refractivity contribution in [3.8, 4) is 0 Å². The van der Waals surface area contributed by atoms with E-state index in [1.807, 2.05) is 13.8 Å². The molecule has 0 radical (unpaired) electrons. The largest absolute Gasteiger partial charge is 0.468 e. The summed E-state index contributed by atoms with van der Waals surface area (Å²) in [7, 11) is -2.47. The highest BCUT2D eigenvalue weighted by Crippen LogP contribution is 2.21. The summed E-state index contributed by atoms with van der Waals surface area (Å²) in [6, 6.07) is 6.43. The summed E-state index contributed by atoms with van der Waals surface area (Å²) in [5, 5.41) is 0. The van der Waals surface area contributed by atoms with Crippen LogP contribution in [0.3, 0.4) is 0 Å². The minimum atomic E-state index is -3.72. The number of hydrogen-bond acceptors (Lipinski definition) is 4. The lowest BCUT2D eigenvalue weighted by molar-refractivity contribution is -0.141. The van der Waals surface area contributed by atoms with E-state index >= 15 is 0 Å². The maximum atomic E-state index is 12.6. The molecule has 0 unspecified atom stereocenters. The predicted molar refractivity (Wildman–Crippen MR) is 81.6 cm³/mol. The SMILES string of the molecule is COC(=O)CN(C(C)C)S(=O)(=O)c1ccc(C(C)C)cc1. The van der Waals surface area contributed by atoms with Crippen molar-refractivity contribution in [2.75, 3.05) is 13.7 Å². The van der Waals surface area contributed by atoms with E-state index in [0.717, 1.165) is 9.87 Å². The number of esters is 1. The Balaban J connectivity index is 3.13. The average Bonchev–Trinajstić information content (AvgIpc) is 2.43. The zero-order valence-electron chi connectivity index (χ0n) is 13.2. The summed E-state index contributed by atoms with van der Waals surface area (Å²) in [4.78, 5) is 11.6. The normalized spacial score (nSPS) is 12.2. The number of nitrogens with zero attached hydrogens (tertiary/aromatic N) is 1. The van der Waals surface area contributed by atoms with Gasteiger partial charge in [0.05, 0.1) is 12.0 Å². The Hall–Kier alpha value is -1.40. The third kappa shape index (κ3) is 4.28. The van der Waals surface area contributed by atoms with Gasteiger partial charge in [-0.15, -0.1) is 0 Å². The van der Waals surface area contributed by atoms with Gasteiger partial charge in [0.15, 0.2) is 0 Å². The van der Waals surface area contributed by atoms with Crippen molar-refractivity contribution in [1.29, 1.82) is 0 Å². The smallest absolute Gasteiger partial charge is 0.321 e. The van der Waals surface area contributed by atoms with Crippen LogP contribution in [0.5, 0.6) is 0 Å². The second-order valence-electron chi connectivity index (χ2n) is 5.44. The standard InChI is InChI=1S/C15H23NO4S/c1-11(2)13-6-8-14(9-7-13)21(18,19)16(12(3)4)10-15(17)20-5/h6-9,11-12H,10H2,1-5H3. The number of methoxy groups -OCH3 is 1. The van der Waals surface area contributed by atoms with Gasteiger partial charge in [-0.1, -0.05) is 26.0 Å². The van der Waals surface area contributed by atoms with Crippen LogP contribution in [0.4, 0.5) is 0 Å². The summed E-state index contributed by atoms with van der Waals surface area (Å²) in [6.07, 6.45) is 0. The topological polar surface area (TPSA) is 63.7 Å². The summed E-state index contributed by atoms with van der Waals surface area (Å²) in [6.45, 7) is 7.25. The van der Waals surface area contributed by atoms with Crippen LogP contribution >= 0.6 is 0 Å². The number of hydrogen-bond donors (Lipinski definition) is 0. The molecule has 0 heterocycles. The van der Waals surface area contributed by atoms with Crippen LogP contribution in [0.2, 0.25) is 0 Å². The van der Waals surface area contributed by atoms with Crippen molar-refractivity contribution in [2.45, 2.75) is 44.6 Å². The fourth-order valence-electron chi connectivity index (χ4n) is 1.90. The van der Waals surface area contributed by atoms with Crippen molar-refractivity contribution in [3.63, 3.8) is 0 Å². The molecule has 1 rings (SSSR count). The minimum absolute atomic E-state index is 0.185. The lowest BCUT2D eigenvalue weighted by Crippen LogP contribution is -2.41. The quantitative estimate of drug-likeness (QED) is 0.756. The molecule has 5 nitrogen and oxygen atoms in total.